The van der Waals surface area contributed by atoms with Crippen LogP contribution < -0.4 is 10.2 Å². The predicted octanol–water partition coefficient (Wildman–Crippen LogP) is 2.99. The summed E-state index contributed by atoms with van der Waals surface area (Å²) in [5, 5.41) is 3.27. The molecule has 0 spiro atoms. The van der Waals surface area contributed by atoms with Crippen molar-refractivity contribution in [1.29, 1.82) is 0 Å². The van der Waals surface area contributed by atoms with Gasteiger partial charge in [-0.3, -0.25) is 0 Å². The number of anilines is 2. The van der Waals surface area contributed by atoms with E-state index in [1.54, 1.807) is 0 Å². The van der Waals surface area contributed by atoms with E-state index in [1.807, 2.05) is 6.20 Å². The number of aryl methyl sites for hydroxylation is 1. The van der Waals surface area contributed by atoms with Gasteiger partial charge in [-0.15, -0.1) is 0 Å². The molecule has 2 heterocycles. The molecule has 1 aromatic heterocycles. The van der Waals surface area contributed by atoms with Gasteiger partial charge < -0.3 is 10.2 Å². The Morgan fingerprint density at radius 1 is 1.22 bits per heavy atom. The lowest BCUT2D eigenvalue weighted by Crippen LogP contribution is -2.26. The highest BCUT2D eigenvalue weighted by atomic mass is 15.2. The predicted molar refractivity (Wildman–Crippen MR) is 76.2 cm³/mol. The van der Waals surface area contributed by atoms with E-state index in [1.165, 1.54) is 31.2 Å². The molecule has 0 atom stereocenters. The Morgan fingerprint density at radius 2 is 1.94 bits per heavy atom. The summed E-state index contributed by atoms with van der Waals surface area (Å²) < 4.78 is 0. The highest BCUT2D eigenvalue weighted by Crippen LogP contribution is 2.21. The summed E-state index contributed by atoms with van der Waals surface area (Å²) in [4.78, 5) is 11.4. The fourth-order valence-corrected chi connectivity index (χ4v) is 2.36. The van der Waals surface area contributed by atoms with Crippen molar-refractivity contribution in [3.05, 3.63) is 11.8 Å². The normalized spacial score (nSPS) is 16.4. The average Bonchev–Trinajstić information content (AvgIpc) is 2.66. The SMILES string of the molecule is CCCNc1ncc(C)c(N2CCCCCC2)n1. The van der Waals surface area contributed by atoms with Crippen LogP contribution in [0.1, 0.15) is 44.6 Å². The van der Waals surface area contributed by atoms with Crippen molar-refractivity contribution in [3.8, 4) is 0 Å². The van der Waals surface area contributed by atoms with Crippen molar-refractivity contribution in [2.24, 2.45) is 0 Å². The zero-order valence-corrected chi connectivity index (χ0v) is 11.6. The molecule has 0 amide bonds. The molecular weight excluding hydrogens is 224 g/mol. The van der Waals surface area contributed by atoms with Gasteiger partial charge in [0.25, 0.3) is 0 Å². The zero-order chi connectivity index (χ0) is 12.8. The first-order valence-corrected chi connectivity index (χ1v) is 7.13. The molecule has 1 aliphatic heterocycles. The van der Waals surface area contributed by atoms with Gasteiger partial charge in [-0.1, -0.05) is 19.8 Å². The third kappa shape index (κ3) is 3.34. The van der Waals surface area contributed by atoms with Gasteiger partial charge in [0, 0.05) is 31.4 Å². The van der Waals surface area contributed by atoms with Crippen LogP contribution in [0, 0.1) is 6.92 Å². The second kappa shape index (κ2) is 6.57. The molecule has 0 aromatic carbocycles. The maximum atomic E-state index is 4.68. The summed E-state index contributed by atoms with van der Waals surface area (Å²) in [6, 6.07) is 0. The molecule has 1 saturated heterocycles. The molecule has 0 saturated carbocycles. The Balaban J connectivity index is 2.13. The highest BCUT2D eigenvalue weighted by Gasteiger charge is 2.14. The number of nitrogens with one attached hydrogen (secondary N) is 1. The molecule has 0 bridgehead atoms. The molecule has 18 heavy (non-hydrogen) atoms. The van der Waals surface area contributed by atoms with Gasteiger partial charge in [-0.25, -0.2) is 4.98 Å². The molecule has 2 rings (SSSR count). The van der Waals surface area contributed by atoms with Gasteiger partial charge in [0.2, 0.25) is 5.95 Å². The first kappa shape index (κ1) is 13.1. The number of hydrogen-bond donors (Lipinski definition) is 1. The minimum atomic E-state index is 0.765. The molecule has 1 aliphatic rings. The monoisotopic (exact) mass is 248 g/mol. The van der Waals surface area contributed by atoms with Crippen LogP contribution in [-0.2, 0) is 0 Å². The van der Waals surface area contributed by atoms with Crippen LogP contribution in [-0.4, -0.2) is 29.6 Å². The third-order valence-corrected chi connectivity index (χ3v) is 3.38. The molecule has 4 heteroatoms. The smallest absolute Gasteiger partial charge is 0.224 e. The molecule has 1 fully saturated rings. The Labute approximate surface area is 110 Å². The number of nitrogens with zero attached hydrogens (tertiary/aromatic N) is 3. The molecule has 0 radical (unpaired) electrons. The topological polar surface area (TPSA) is 41.1 Å². The maximum Gasteiger partial charge on any atom is 0.224 e. The summed E-state index contributed by atoms with van der Waals surface area (Å²) in [7, 11) is 0. The lowest BCUT2D eigenvalue weighted by Gasteiger charge is -2.23. The number of aromatic nitrogens is 2. The summed E-state index contributed by atoms with van der Waals surface area (Å²) in [6.07, 6.45) is 8.28. The van der Waals surface area contributed by atoms with E-state index in [0.29, 0.717) is 0 Å². The van der Waals surface area contributed by atoms with E-state index in [4.69, 9.17) is 0 Å². The molecule has 1 N–H and O–H groups in total. The van der Waals surface area contributed by atoms with Crippen LogP contribution >= 0.6 is 0 Å². The van der Waals surface area contributed by atoms with E-state index in [-0.39, 0.29) is 0 Å². The van der Waals surface area contributed by atoms with Crippen LogP contribution in [0.15, 0.2) is 6.20 Å². The van der Waals surface area contributed by atoms with Gasteiger partial charge in [0.1, 0.15) is 5.82 Å². The van der Waals surface area contributed by atoms with E-state index < -0.39 is 0 Å². The minimum absolute atomic E-state index is 0.765. The number of rotatable bonds is 4. The zero-order valence-electron chi connectivity index (χ0n) is 11.6. The van der Waals surface area contributed by atoms with Crippen molar-refractivity contribution in [2.75, 3.05) is 29.9 Å². The Morgan fingerprint density at radius 3 is 2.61 bits per heavy atom. The lowest BCUT2D eigenvalue weighted by atomic mass is 10.2. The van der Waals surface area contributed by atoms with Gasteiger partial charge in [0.05, 0.1) is 0 Å². The molecule has 0 unspecified atom stereocenters. The van der Waals surface area contributed by atoms with Gasteiger partial charge in [-0.05, 0) is 26.2 Å². The van der Waals surface area contributed by atoms with Crippen molar-refractivity contribution in [1.82, 2.24) is 9.97 Å². The minimum Gasteiger partial charge on any atom is -0.356 e. The maximum absolute atomic E-state index is 4.68. The second-order valence-electron chi connectivity index (χ2n) is 5.03. The molecule has 4 nitrogen and oxygen atoms in total. The number of hydrogen-bond acceptors (Lipinski definition) is 4. The summed E-state index contributed by atoms with van der Waals surface area (Å²) in [5.41, 5.74) is 1.18. The Hall–Kier alpha value is -1.32. The van der Waals surface area contributed by atoms with E-state index in [9.17, 15) is 0 Å². The highest BCUT2D eigenvalue weighted by molar-refractivity contribution is 5.49. The summed E-state index contributed by atoms with van der Waals surface area (Å²) in [5.74, 6) is 1.88. The van der Waals surface area contributed by atoms with Crippen molar-refractivity contribution in [2.45, 2.75) is 46.0 Å². The van der Waals surface area contributed by atoms with Crippen molar-refractivity contribution >= 4 is 11.8 Å². The Kier molecular flexibility index (Phi) is 4.79. The van der Waals surface area contributed by atoms with Crippen LogP contribution in [0.5, 0.6) is 0 Å². The van der Waals surface area contributed by atoms with Crippen LogP contribution in [0.4, 0.5) is 11.8 Å². The van der Waals surface area contributed by atoms with Crippen molar-refractivity contribution in [3.63, 3.8) is 0 Å². The second-order valence-corrected chi connectivity index (χ2v) is 5.03. The first-order valence-electron chi connectivity index (χ1n) is 7.13. The molecule has 1 aromatic rings. The van der Waals surface area contributed by atoms with Gasteiger partial charge >= 0.3 is 0 Å². The Bertz CT molecular complexity index is 370. The van der Waals surface area contributed by atoms with Crippen LogP contribution in [0.2, 0.25) is 0 Å². The lowest BCUT2D eigenvalue weighted by molar-refractivity contribution is 0.726. The fourth-order valence-electron chi connectivity index (χ4n) is 2.36. The fraction of sp³-hybridized carbons (Fsp3) is 0.714. The quantitative estimate of drug-likeness (QED) is 0.889. The summed E-state index contributed by atoms with van der Waals surface area (Å²) in [6.45, 7) is 7.44. The van der Waals surface area contributed by atoms with Gasteiger partial charge in [-0.2, -0.15) is 4.98 Å². The van der Waals surface area contributed by atoms with Crippen molar-refractivity contribution < 1.29 is 0 Å². The molecular formula is C14H24N4. The average molecular weight is 248 g/mol. The van der Waals surface area contributed by atoms with E-state index in [0.717, 1.165) is 37.8 Å². The standard InChI is InChI=1S/C14H24N4/c1-3-8-15-14-16-11-12(2)13(17-14)18-9-6-4-5-7-10-18/h11H,3-10H2,1-2H3,(H,15,16,17). The van der Waals surface area contributed by atoms with Gasteiger partial charge in [0.15, 0.2) is 0 Å². The van der Waals surface area contributed by atoms with Crippen LogP contribution in [0.3, 0.4) is 0 Å². The molecule has 0 aliphatic carbocycles. The van der Waals surface area contributed by atoms with E-state index >= 15 is 0 Å². The van der Waals surface area contributed by atoms with Crippen LogP contribution in [0.25, 0.3) is 0 Å². The third-order valence-electron chi connectivity index (χ3n) is 3.38. The molecule has 100 valence electrons. The van der Waals surface area contributed by atoms with E-state index in [2.05, 4.69) is 34.0 Å². The largest absolute Gasteiger partial charge is 0.356 e. The summed E-state index contributed by atoms with van der Waals surface area (Å²) >= 11 is 0. The first-order chi connectivity index (χ1) is 8.81.